The predicted octanol–water partition coefficient (Wildman–Crippen LogP) is 1.84. The Bertz CT molecular complexity index is 473. The summed E-state index contributed by atoms with van der Waals surface area (Å²) in [7, 11) is 0. The van der Waals surface area contributed by atoms with Crippen LogP contribution in [0.4, 0.5) is 0 Å². The average Bonchev–Trinajstić information content (AvgIpc) is 2.71. The fourth-order valence-electron chi connectivity index (χ4n) is 2.61. The Morgan fingerprint density at radius 3 is 2.68 bits per heavy atom. The maximum absolute atomic E-state index is 12.0. The van der Waals surface area contributed by atoms with E-state index in [1.165, 1.54) is 30.9 Å². The van der Waals surface area contributed by atoms with Gasteiger partial charge >= 0.3 is 0 Å². The summed E-state index contributed by atoms with van der Waals surface area (Å²) in [5.74, 6) is -0.122. The van der Waals surface area contributed by atoms with Crippen LogP contribution in [0.3, 0.4) is 0 Å². The Hall–Kier alpha value is -1.65. The van der Waals surface area contributed by atoms with E-state index in [9.17, 15) is 9.59 Å². The van der Waals surface area contributed by atoms with Gasteiger partial charge in [0.2, 0.25) is 5.91 Å². The normalized spacial score (nSPS) is 16.3. The highest BCUT2D eigenvalue weighted by atomic mass is 16.2. The van der Waals surface area contributed by atoms with E-state index in [4.69, 9.17) is 0 Å². The molecular formula is C14H21N3O2. The van der Waals surface area contributed by atoms with Crippen molar-refractivity contribution in [1.82, 2.24) is 15.1 Å². The lowest BCUT2D eigenvalue weighted by Gasteiger charge is -2.22. The van der Waals surface area contributed by atoms with Crippen LogP contribution in [0.5, 0.6) is 0 Å². The van der Waals surface area contributed by atoms with Crippen LogP contribution in [0, 0.1) is 6.92 Å². The molecule has 0 unspecified atom stereocenters. The minimum atomic E-state index is -0.0638. The molecule has 1 heterocycles. The number of rotatable bonds is 4. The van der Waals surface area contributed by atoms with Gasteiger partial charge in [0.05, 0.1) is 5.69 Å². The highest BCUT2D eigenvalue weighted by Gasteiger charge is 2.17. The highest BCUT2D eigenvalue weighted by Crippen LogP contribution is 2.17. The lowest BCUT2D eigenvalue weighted by Crippen LogP contribution is -2.38. The van der Waals surface area contributed by atoms with E-state index in [-0.39, 0.29) is 18.2 Å². The second kappa shape index (κ2) is 5.99. The summed E-state index contributed by atoms with van der Waals surface area (Å²) in [6, 6.07) is 2.01. The third-order valence-corrected chi connectivity index (χ3v) is 3.53. The molecule has 1 aliphatic carbocycles. The van der Waals surface area contributed by atoms with Crippen molar-refractivity contribution >= 4 is 11.7 Å². The van der Waals surface area contributed by atoms with Crippen molar-refractivity contribution < 1.29 is 9.59 Å². The second-order valence-electron chi connectivity index (χ2n) is 5.29. The van der Waals surface area contributed by atoms with Gasteiger partial charge < -0.3 is 5.32 Å². The topological polar surface area (TPSA) is 64.0 Å². The molecule has 0 aromatic carbocycles. The summed E-state index contributed by atoms with van der Waals surface area (Å²) in [5, 5.41) is 7.23. The van der Waals surface area contributed by atoms with E-state index in [1.54, 1.807) is 6.07 Å². The molecule has 0 radical (unpaired) electrons. The maximum atomic E-state index is 12.0. The highest BCUT2D eigenvalue weighted by molar-refractivity contribution is 5.93. The number of carbonyl (C=O) groups is 2. The zero-order chi connectivity index (χ0) is 13.8. The molecule has 0 aliphatic heterocycles. The van der Waals surface area contributed by atoms with Crippen LogP contribution < -0.4 is 5.32 Å². The van der Waals surface area contributed by atoms with Crippen molar-refractivity contribution in [1.29, 1.82) is 0 Å². The molecule has 2 rings (SSSR count). The van der Waals surface area contributed by atoms with Gasteiger partial charge in [-0.25, -0.2) is 0 Å². The van der Waals surface area contributed by atoms with E-state index in [2.05, 4.69) is 10.4 Å². The van der Waals surface area contributed by atoms with E-state index >= 15 is 0 Å². The number of Topliss-reactive ketones (excluding diaryl/α,β-unsaturated/α-hetero) is 1. The number of aromatic nitrogens is 2. The van der Waals surface area contributed by atoms with Gasteiger partial charge in [0.25, 0.3) is 0 Å². The van der Waals surface area contributed by atoms with Crippen molar-refractivity contribution in [2.24, 2.45) is 0 Å². The number of aryl methyl sites for hydroxylation is 1. The minimum absolute atomic E-state index is 0.0579. The predicted molar refractivity (Wildman–Crippen MR) is 72.0 cm³/mol. The van der Waals surface area contributed by atoms with Crippen molar-refractivity contribution in [3.05, 3.63) is 17.5 Å². The van der Waals surface area contributed by atoms with E-state index in [0.29, 0.717) is 11.7 Å². The molecule has 0 spiro atoms. The maximum Gasteiger partial charge on any atom is 0.241 e. The number of amides is 1. The van der Waals surface area contributed by atoms with E-state index in [0.717, 1.165) is 18.5 Å². The average molecular weight is 263 g/mol. The van der Waals surface area contributed by atoms with Gasteiger partial charge in [-0.2, -0.15) is 5.10 Å². The van der Waals surface area contributed by atoms with Gasteiger partial charge in [-0.05, 0) is 25.8 Å². The van der Waals surface area contributed by atoms with Gasteiger partial charge in [-0.3, -0.25) is 14.3 Å². The third-order valence-electron chi connectivity index (χ3n) is 3.53. The Labute approximate surface area is 113 Å². The van der Waals surface area contributed by atoms with Gasteiger partial charge in [0, 0.05) is 13.0 Å². The molecule has 0 bridgehead atoms. The lowest BCUT2D eigenvalue weighted by molar-refractivity contribution is -0.122. The number of ketones is 1. The first-order chi connectivity index (χ1) is 9.06. The first-order valence-electron chi connectivity index (χ1n) is 6.91. The smallest absolute Gasteiger partial charge is 0.241 e. The van der Waals surface area contributed by atoms with Crippen LogP contribution in [0.1, 0.15) is 55.2 Å². The van der Waals surface area contributed by atoms with Crippen molar-refractivity contribution in [3.63, 3.8) is 0 Å². The molecule has 1 saturated carbocycles. The number of nitrogens with zero attached hydrogens (tertiary/aromatic N) is 2. The Kier molecular flexibility index (Phi) is 4.35. The molecule has 1 aromatic rings. The zero-order valence-corrected chi connectivity index (χ0v) is 11.6. The summed E-state index contributed by atoms with van der Waals surface area (Å²) < 4.78 is 1.50. The molecule has 0 saturated heterocycles. The molecule has 19 heavy (non-hydrogen) atoms. The molecule has 1 aromatic heterocycles. The van der Waals surface area contributed by atoms with Crippen LogP contribution in [0.25, 0.3) is 0 Å². The zero-order valence-electron chi connectivity index (χ0n) is 11.6. The summed E-state index contributed by atoms with van der Waals surface area (Å²) in [5.41, 5.74) is 1.26. The third kappa shape index (κ3) is 3.66. The van der Waals surface area contributed by atoms with Crippen molar-refractivity contribution in [2.45, 2.75) is 58.5 Å². The largest absolute Gasteiger partial charge is 0.352 e. The molecule has 1 N–H and O–H groups in total. The fourth-order valence-corrected chi connectivity index (χ4v) is 2.61. The quantitative estimate of drug-likeness (QED) is 0.843. The van der Waals surface area contributed by atoms with Gasteiger partial charge in [0.1, 0.15) is 12.2 Å². The molecule has 1 aliphatic rings. The lowest BCUT2D eigenvalue weighted by atomic mass is 9.95. The fraction of sp³-hybridized carbons (Fsp3) is 0.643. The van der Waals surface area contributed by atoms with Crippen LogP contribution in [-0.4, -0.2) is 27.5 Å². The number of hydrogen-bond acceptors (Lipinski definition) is 3. The molecular weight excluding hydrogens is 242 g/mol. The van der Waals surface area contributed by atoms with Gasteiger partial charge in [-0.1, -0.05) is 19.3 Å². The summed E-state index contributed by atoms with van der Waals surface area (Å²) in [6.45, 7) is 3.44. The van der Waals surface area contributed by atoms with Crippen LogP contribution in [0.15, 0.2) is 6.07 Å². The molecule has 5 heteroatoms. The second-order valence-corrected chi connectivity index (χ2v) is 5.29. The summed E-state index contributed by atoms with van der Waals surface area (Å²) in [4.78, 5) is 23.4. The number of nitrogens with one attached hydrogen (secondary N) is 1. The number of hydrogen-bond donors (Lipinski definition) is 1. The van der Waals surface area contributed by atoms with Crippen LogP contribution in [-0.2, 0) is 11.3 Å². The molecule has 0 atom stereocenters. The Balaban J connectivity index is 1.96. The molecule has 104 valence electrons. The first-order valence-corrected chi connectivity index (χ1v) is 6.91. The standard InChI is InChI=1S/C14H21N3O2/c1-10-8-13(11(2)18)17(16-10)9-14(19)15-12-6-4-3-5-7-12/h8,12H,3-7,9H2,1-2H3,(H,15,19). The first kappa shape index (κ1) is 13.8. The molecule has 1 fully saturated rings. The molecule has 5 nitrogen and oxygen atoms in total. The number of carbonyl (C=O) groups excluding carboxylic acids is 2. The van der Waals surface area contributed by atoms with E-state index < -0.39 is 0 Å². The molecule has 1 amide bonds. The SMILES string of the molecule is CC(=O)c1cc(C)nn1CC(=O)NC1CCCCC1. The van der Waals surface area contributed by atoms with Gasteiger partial charge in [0.15, 0.2) is 5.78 Å². The summed E-state index contributed by atoms with van der Waals surface area (Å²) in [6.07, 6.45) is 5.75. The van der Waals surface area contributed by atoms with Crippen molar-refractivity contribution in [2.75, 3.05) is 0 Å². The minimum Gasteiger partial charge on any atom is -0.352 e. The van der Waals surface area contributed by atoms with Crippen molar-refractivity contribution in [3.8, 4) is 0 Å². The van der Waals surface area contributed by atoms with E-state index in [1.807, 2.05) is 6.92 Å². The monoisotopic (exact) mass is 263 g/mol. The Morgan fingerprint density at radius 2 is 2.05 bits per heavy atom. The van der Waals surface area contributed by atoms with Crippen LogP contribution in [0.2, 0.25) is 0 Å². The Morgan fingerprint density at radius 1 is 1.37 bits per heavy atom. The summed E-state index contributed by atoms with van der Waals surface area (Å²) >= 11 is 0. The van der Waals surface area contributed by atoms with Gasteiger partial charge in [-0.15, -0.1) is 0 Å². The van der Waals surface area contributed by atoms with Crippen LogP contribution >= 0.6 is 0 Å².